The van der Waals surface area contributed by atoms with Crippen LogP contribution in [0.25, 0.3) is 0 Å². The summed E-state index contributed by atoms with van der Waals surface area (Å²) in [5, 5.41) is 5.80. The van der Waals surface area contributed by atoms with Crippen LogP contribution in [0.5, 0.6) is 0 Å². The lowest BCUT2D eigenvalue weighted by molar-refractivity contribution is -0.123. The molecule has 2 aromatic rings. The Bertz CT molecular complexity index is 1100. The lowest BCUT2D eigenvalue weighted by Gasteiger charge is -2.26. The van der Waals surface area contributed by atoms with E-state index >= 15 is 0 Å². The van der Waals surface area contributed by atoms with Crippen LogP contribution in [0.4, 0.5) is 5.82 Å². The highest BCUT2D eigenvalue weighted by molar-refractivity contribution is 7.89. The fraction of sp³-hybridized carbons (Fsp3) is 0.389. The molecule has 1 saturated heterocycles. The molecule has 13 heteroatoms. The van der Waals surface area contributed by atoms with E-state index in [9.17, 15) is 18.0 Å². The second-order valence-electron chi connectivity index (χ2n) is 6.64. The van der Waals surface area contributed by atoms with Crippen molar-refractivity contribution >= 4 is 50.9 Å². The number of rotatable bonds is 6. The maximum absolute atomic E-state index is 12.9. The van der Waals surface area contributed by atoms with Gasteiger partial charge in [-0.25, -0.2) is 13.2 Å². The summed E-state index contributed by atoms with van der Waals surface area (Å²) in [7, 11) is -3.99. The largest absolute Gasteiger partial charge is 0.449 e. The molecule has 1 unspecified atom stereocenters. The molecule has 0 radical (unpaired) electrons. The maximum Gasteiger partial charge on any atom is 0.340 e. The molecule has 0 spiro atoms. The molecule has 1 aromatic heterocycles. The molecule has 0 aliphatic carbocycles. The molecule has 31 heavy (non-hydrogen) atoms. The van der Waals surface area contributed by atoms with Crippen molar-refractivity contribution in [1.82, 2.24) is 9.46 Å². The summed E-state index contributed by atoms with van der Waals surface area (Å²) in [6, 6.07) is 3.69. The molecule has 0 saturated carbocycles. The number of hydrogen-bond acceptors (Lipinski definition) is 8. The molecule has 168 valence electrons. The van der Waals surface area contributed by atoms with Gasteiger partial charge in [-0.15, -0.1) is 0 Å². The number of morpholine rings is 1. The Morgan fingerprint density at radius 2 is 1.87 bits per heavy atom. The fourth-order valence-corrected chi connectivity index (χ4v) is 4.97. The summed E-state index contributed by atoms with van der Waals surface area (Å²) in [6.45, 7) is 3.79. The standard InChI is InChI=1S/C18H19Cl2N3O7S/c1-10-7-16(22-30-10)21-17(24)11(2)29-18(25)12-8-15(14(20)9-13(12)19)31(26,27)23-3-5-28-6-4-23/h7-9,11H,3-6H2,1-2H3,(H,21,22,24). The van der Waals surface area contributed by atoms with Crippen LogP contribution in [0.1, 0.15) is 23.0 Å². The van der Waals surface area contributed by atoms with Crippen molar-refractivity contribution < 1.29 is 32.0 Å². The van der Waals surface area contributed by atoms with E-state index in [1.807, 2.05) is 0 Å². The number of carbonyl (C=O) groups excluding carboxylic acids is 2. The minimum Gasteiger partial charge on any atom is -0.449 e. The van der Waals surface area contributed by atoms with E-state index in [1.165, 1.54) is 17.3 Å². The highest BCUT2D eigenvalue weighted by atomic mass is 35.5. The minimum atomic E-state index is -3.99. The molecule has 0 bridgehead atoms. The Morgan fingerprint density at radius 1 is 1.19 bits per heavy atom. The molecule has 1 aliphatic heterocycles. The summed E-state index contributed by atoms with van der Waals surface area (Å²) >= 11 is 12.2. The van der Waals surface area contributed by atoms with Crippen LogP contribution in [-0.4, -0.2) is 62.2 Å². The van der Waals surface area contributed by atoms with Gasteiger partial charge in [0, 0.05) is 19.2 Å². The molecule has 1 aromatic carbocycles. The number of aromatic nitrogens is 1. The van der Waals surface area contributed by atoms with Crippen LogP contribution in [0, 0.1) is 6.92 Å². The first kappa shape index (κ1) is 23.5. The van der Waals surface area contributed by atoms with E-state index in [4.69, 9.17) is 37.2 Å². The first-order valence-corrected chi connectivity index (χ1v) is 11.3. The molecule has 10 nitrogen and oxygen atoms in total. The number of ether oxygens (including phenoxy) is 2. The number of esters is 1. The summed E-state index contributed by atoms with van der Waals surface area (Å²) in [6.07, 6.45) is -1.23. The number of nitrogens with one attached hydrogen (secondary N) is 1. The van der Waals surface area contributed by atoms with Gasteiger partial charge in [-0.2, -0.15) is 4.31 Å². The van der Waals surface area contributed by atoms with Crippen LogP contribution < -0.4 is 5.32 Å². The molecule has 1 aliphatic rings. The number of amides is 1. The average Bonchev–Trinajstić information content (AvgIpc) is 3.12. The number of aryl methyl sites for hydroxylation is 1. The third-order valence-electron chi connectivity index (χ3n) is 4.36. The van der Waals surface area contributed by atoms with Crippen molar-refractivity contribution in [2.45, 2.75) is 24.8 Å². The van der Waals surface area contributed by atoms with Crippen LogP contribution in [0.3, 0.4) is 0 Å². The predicted molar refractivity (Wildman–Crippen MR) is 111 cm³/mol. The minimum absolute atomic E-state index is 0.115. The van der Waals surface area contributed by atoms with E-state index in [0.717, 1.165) is 12.1 Å². The van der Waals surface area contributed by atoms with E-state index in [1.54, 1.807) is 6.92 Å². The molecular formula is C18H19Cl2N3O7S. The maximum atomic E-state index is 12.9. The Balaban J connectivity index is 1.79. The van der Waals surface area contributed by atoms with Crippen molar-refractivity contribution in [3.05, 3.63) is 39.6 Å². The Labute approximate surface area is 188 Å². The average molecular weight is 492 g/mol. The summed E-state index contributed by atoms with van der Waals surface area (Å²) in [4.78, 5) is 24.5. The van der Waals surface area contributed by atoms with Gasteiger partial charge in [-0.3, -0.25) is 4.79 Å². The van der Waals surface area contributed by atoms with E-state index < -0.39 is 28.0 Å². The zero-order valence-corrected chi connectivity index (χ0v) is 18.9. The fourth-order valence-electron chi connectivity index (χ4n) is 2.74. The molecule has 1 atom stereocenters. The highest BCUT2D eigenvalue weighted by Crippen LogP contribution is 2.31. The molecule has 1 fully saturated rings. The number of halogens is 2. The van der Waals surface area contributed by atoms with Gasteiger partial charge in [0.1, 0.15) is 10.7 Å². The van der Waals surface area contributed by atoms with Crippen molar-refractivity contribution in [2.24, 2.45) is 0 Å². The van der Waals surface area contributed by atoms with Crippen LogP contribution >= 0.6 is 23.2 Å². The van der Waals surface area contributed by atoms with Gasteiger partial charge in [-0.05, 0) is 26.0 Å². The van der Waals surface area contributed by atoms with E-state index in [-0.39, 0.29) is 52.6 Å². The quantitative estimate of drug-likeness (QED) is 0.610. The normalized spacial score (nSPS) is 16.0. The lowest BCUT2D eigenvalue weighted by Crippen LogP contribution is -2.40. The van der Waals surface area contributed by atoms with Crippen molar-refractivity contribution in [2.75, 3.05) is 31.6 Å². The lowest BCUT2D eigenvalue weighted by atomic mass is 10.2. The monoisotopic (exact) mass is 491 g/mol. The number of anilines is 1. The Hall–Kier alpha value is -2.18. The van der Waals surface area contributed by atoms with Gasteiger partial charge in [0.15, 0.2) is 11.9 Å². The molecule has 1 N–H and O–H groups in total. The molecule has 2 heterocycles. The van der Waals surface area contributed by atoms with Gasteiger partial charge in [0.05, 0.1) is 28.8 Å². The van der Waals surface area contributed by atoms with Crippen molar-refractivity contribution in [3.63, 3.8) is 0 Å². The van der Waals surface area contributed by atoms with Crippen LogP contribution in [0.2, 0.25) is 10.0 Å². The molecular weight excluding hydrogens is 473 g/mol. The first-order valence-electron chi connectivity index (χ1n) is 9.11. The first-order chi connectivity index (χ1) is 14.6. The topological polar surface area (TPSA) is 128 Å². The van der Waals surface area contributed by atoms with Gasteiger partial charge >= 0.3 is 5.97 Å². The van der Waals surface area contributed by atoms with Crippen molar-refractivity contribution in [3.8, 4) is 0 Å². The SMILES string of the molecule is Cc1cc(NC(=O)C(C)OC(=O)c2cc(S(=O)(=O)N3CCOCC3)c(Cl)cc2Cl)no1. The second kappa shape index (κ2) is 9.53. The smallest absolute Gasteiger partial charge is 0.340 e. The van der Waals surface area contributed by atoms with Crippen LogP contribution in [0.15, 0.2) is 27.6 Å². The number of hydrogen-bond donors (Lipinski definition) is 1. The molecule has 1 amide bonds. The van der Waals surface area contributed by atoms with Crippen molar-refractivity contribution in [1.29, 1.82) is 0 Å². The Kier molecular flexibility index (Phi) is 7.22. The summed E-state index contributed by atoms with van der Waals surface area (Å²) in [5.74, 6) is -0.998. The van der Waals surface area contributed by atoms with Gasteiger partial charge in [-0.1, -0.05) is 28.4 Å². The van der Waals surface area contributed by atoms with E-state index in [0.29, 0.717) is 5.76 Å². The number of nitrogens with zero attached hydrogens (tertiary/aromatic N) is 2. The van der Waals surface area contributed by atoms with Gasteiger partial charge in [0.2, 0.25) is 10.0 Å². The van der Waals surface area contributed by atoms with E-state index in [2.05, 4.69) is 10.5 Å². The summed E-state index contributed by atoms with van der Waals surface area (Å²) < 4.78 is 42.2. The van der Waals surface area contributed by atoms with Gasteiger partial charge in [0.25, 0.3) is 5.91 Å². The third kappa shape index (κ3) is 5.36. The summed E-state index contributed by atoms with van der Waals surface area (Å²) in [5.41, 5.74) is -0.241. The third-order valence-corrected chi connectivity index (χ3v) is 7.04. The highest BCUT2D eigenvalue weighted by Gasteiger charge is 2.31. The number of sulfonamides is 1. The van der Waals surface area contributed by atoms with Gasteiger partial charge < -0.3 is 19.3 Å². The zero-order valence-electron chi connectivity index (χ0n) is 16.6. The number of benzene rings is 1. The Morgan fingerprint density at radius 3 is 2.48 bits per heavy atom. The zero-order chi connectivity index (χ0) is 22.8. The number of carbonyl (C=O) groups is 2. The van der Waals surface area contributed by atoms with Crippen LogP contribution in [-0.2, 0) is 24.3 Å². The molecule has 3 rings (SSSR count). The predicted octanol–water partition coefficient (Wildman–Crippen LogP) is 2.49. The second-order valence-corrected chi connectivity index (χ2v) is 9.36.